The minimum atomic E-state index is -2.27. The predicted octanol–water partition coefficient (Wildman–Crippen LogP) is 21.9. The fraction of sp³-hybridized carbons (Fsp3) is 0.690. The summed E-state index contributed by atoms with van der Waals surface area (Å²) >= 11 is 0. The van der Waals surface area contributed by atoms with Crippen molar-refractivity contribution < 1.29 is 55.7 Å². The van der Waals surface area contributed by atoms with Gasteiger partial charge in [0.15, 0.2) is 33.3 Å². The molecular formula is C84H140O12Si4. The molecule has 0 saturated carbocycles. The van der Waals surface area contributed by atoms with E-state index in [4.69, 9.17) is 46.1 Å². The van der Waals surface area contributed by atoms with E-state index in [9.17, 15) is 9.59 Å². The minimum absolute atomic E-state index is 0.0278. The maximum Gasteiger partial charge on any atom is 0.330 e. The maximum atomic E-state index is 13.5. The third-order valence-electron chi connectivity index (χ3n) is 22.3. The van der Waals surface area contributed by atoms with Crippen LogP contribution in [0, 0.1) is 11.8 Å². The van der Waals surface area contributed by atoms with Crippen LogP contribution in [-0.4, -0.2) is 132 Å². The highest BCUT2D eigenvalue weighted by Crippen LogP contribution is 2.43. The van der Waals surface area contributed by atoms with E-state index in [-0.39, 0.29) is 80.9 Å². The van der Waals surface area contributed by atoms with Crippen molar-refractivity contribution >= 4 is 45.2 Å². The van der Waals surface area contributed by atoms with Crippen LogP contribution in [0.15, 0.2) is 145 Å². The smallest absolute Gasteiger partial charge is 0.330 e. The minimum Gasteiger partial charge on any atom is -0.456 e. The molecule has 0 spiro atoms. The molecule has 100 heavy (non-hydrogen) atoms. The molecule has 0 aromatic rings. The summed E-state index contributed by atoms with van der Waals surface area (Å²) in [5.41, 5.74) is 5.02. The van der Waals surface area contributed by atoms with Crippen LogP contribution in [0.25, 0.3) is 0 Å². The van der Waals surface area contributed by atoms with Crippen molar-refractivity contribution in [1.29, 1.82) is 0 Å². The predicted molar refractivity (Wildman–Crippen MR) is 427 cm³/mol. The second kappa shape index (κ2) is 38.6. The molecule has 0 aliphatic carbocycles. The summed E-state index contributed by atoms with van der Waals surface area (Å²) in [6.45, 7) is 64.4. The van der Waals surface area contributed by atoms with Gasteiger partial charge >= 0.3 is 11.9 Å². The third-order valence-corrected chi connectivity index (χ3v) is 40.3. The lowest BCUT2D eigenvalue weighted by Crippen LogP contribution is -2.47. The molecule has 0 N–H and O–H groups in total. The largest absolute Gasteiger partial charge is 0.456 e. The van der Waals surface area contributed by atoms with Crippen molar-refractivity contribution in [3.63, 3.8) is 0 Å². The Labute approximate surface area is 613 Å². The molecule has 12 nitrogen and oxygen atoms in total. The Kier molecular flexibility index (Phi) is 33.6. The number of carbonyl (C=O) groups excluding carboxylic acids is 2. The van der Waals surface area contributed by atoms with Gasteiger partial charge in [-0.05, 0) is 175 Å². The lowest BCUT2D eigenvalue weighted by Gasteiger charge is -2.40. The van der Waals surface area contributed by atoms with E-state index in [0.29, 0.717) is 50.7 Å². The molecular weight excluding hydrogens is 1310 g/mol. The van der Waals surface area contributed by atoms with E-state index in [1.807, 2.05) is 12.2 Å². The Hall–Kier alpha value is -3.63. The van der Waals surface area contributed by atoms with Gasteiger partial charge in [0.1, 0.15) is 24.4 Å². The molecule has 0 fully saturated rings. The zero-order chi connectivity index (χ0) is 74.7. The van der Waals surface area contributed by atoms with E-state index in [1.165, 1.54) is 22.3 Å². The first kappa shape index (κ1) is 87.0. The fourth-order valence-corrected chi connectivity index (χ4v) is 17.3. The Morgan fingerprint density at radius 2 is 0.800 bits per heavy atom. The Morgan fingerprint density at radius 1 is 0.460 bits per heavy atom. The van der Waals surface area contributed by atoms with Gasteiger partial charge in [0, 0.05) is 25.0 Å². The molecule has 0 saturated heterocycles. The number of ether oxygens (including phenoxy) is 6. The Bertz CT molecular complexity index is 2750. The monoisotopic (exact) mass is 1450 g/mol. The van der Waals surface area contributed by atoms with Crippen LogP contribution in [0.4, 0.5) is 0 Å². The first-order valence-corrected chi connectivity index (χ1v) is 49.6. The van der Waals surface area contributed by atoms with Crippen LogP contribution in [-0.2, 0) is 55.7 Å². The third kappa shape index (κ3) is 29.7. The molecule has 6 aliphatic rings. The fourth-order valence-electron chi connectivity index (χ4n) is 12.2. The van der Waals surface area contributed by atoms with Crippen LogP contribution >= 0.6 is 0 Å². The first-order chi connectivity index (χ1) is 46.3. The van der Waals surface area contributed by atoms with Gasteiger partial charge < -0.3 is 46.1 Å². The number of rotatable bonds is 14. The summed E-state index contributed by atoms with van der Waals surface area (Å²) in [6.07, 6.45) is 45.8. The van der Waals surface area contributed by atoms with Crippen molar-refractivity contribution in [2.45, 2.75) is 346 Å². The number of esters is 2. The molecule has 6 heterocycles. The molecule has 0 aromatic heterocycles. The normalized spacial score (nSPS) is 30.6. The Balaban J connectivity index is 0.000000361. The van der Waals surface area contributed by atoms with Gasteiger partial charge in [-0.3, -0.25) is 0 Å². The zero-order valence-corrected chi connectivity index (χ0v) is 71.1. The lowest BCUT2D eigenvalue weighted by atomic mass is 9.91. The average Bonchev–Trinajstić information content (AvgIpc) is 0.829. The van der Waals surface area contributed by atoms with Crippen molar-refractivity contribution in [2.24, 2.45) is 11.8 Å². The van der Waals surface area contributed by atoms with Gasteiger partial charge in [-0.15, -0.1) is 0 Å². The van der Waals surface area contributed by atoms with Gasteiger partial charge in [0.05, 0.1) is 62.0 Å². The van der Waals surface area contributed by atoms with Crippen LogP contribution in [0.1, 0.15) is 201 Å². The Morgan fingerprint density at radius 3 is 1.13 bits per heavy atom. The molecule has 6 aliphatic heterocycles. The van der Waals surface area contributed by atoms with Crippen molar-refractivity contribution in [3.05, 3.63) is 145 Å². The van der Waals surface area contributed by atoms with Gasteiger partial charge in [0.2, 0.25) is 0 Å². The zero-order valence-electron chi connectivity index (χ0n) is 67.1. The number of hydrogen-bond acceptors (Lipinski definition) is 12. The molecule has 2 unspecified atom stereocenters. The van der Waals surface area contributed by atoms with E-state index >= 15 is 0 Å². The summed E-state index contributed by atoms with van der Waals surface area (Å²) in [7, 11) is -8.73. The average molecular weight is 1450 g/mol. The quantitative estimate of drug-likeness (QED) is 0.0933. The highest BCUT2D eigenvalue weighted by atomic mass is 28.4. The van der Waals surface area contributed by atoms with Gasteiger partial charge in [0.25, 0.3) is 0 Å². The molecule has 0 amide bonds. The standard InChI is InChI=1S/2C42H70O6Si2/c2*1-31-25-26-44-35(28-31)23-24-39(48-50(12,13)42(7,8)9)38-21-15-20-37(47-49(10,11)41(4,5)6)30-33(3)27-32(2)29-36-19-14-17-34(45-36)18-16-22-40(43)46-38/h2*14-17,20,22-25,32,34-39H,3,18-19,21,26-30H2,1-2,4-13H3/b2*20-15+,22-16-,24-23+/t32-,34-,35+,36-,37+,38-,39?;32-,34-,35+,36-,37-,38-,39?/m00/s1. The summed E-state index contributed by atoms with van der Waals surface area (Å²) in [5, 5.41) is 0.0752. The summed E-state index contributed by atoms with van der Waals surface area (Å²) in [4.78, 5) is 27.0. The van der Waals surface area contributed by atoms with Crippen LogP contribution in [0.5, 0.6) is 0 Å². The molecule has 0 aromatic carbocycles. The second-order valence-electron chi connectivity index (χ2n) is 36.0. The highest BCUT2D eigenvalue weighted by Gasteiger charge is 2.44. The molecule has 16 heteroatoms. The molecule has 6 rings (SSSR count). The van der Waals surface area contributed by atoms with Crippen LogP contribution in [0.2, 0.25) is 72.5 Å². The molecule has 0 radical (unpaired) electrons. The van der Waals surface area contributed by atoms with Crippen molar-refractivity contribution in [1.82, 2.24) is 0 Å². The summed E-state index contributed by atoms with van der Waals surface area (Å²) in [6, 6.07) is 0. The van der Waals surface area contributed by atoms with Crippen LogP contribution in [0.3, 0.4) is 0 Å². The maximum absolute atomic E-state index is 13.5. The first-order valence-electron chi connectivity index (χ1n) is 38.0. The SMILES string of the molecule is C=C1C[C@H](C)C[C@@H]2CC=C[C@@H](C/C=C\C(=O)O[C@H](C(/C=C/[C@@H]3CC(C)=CCO3)O[Si](C)(C)C(C)(C)C)C/C=C/[C@@H](O[Si](C)(C)C(C)(C)C)C1)O2.C=C1C[C@H](C)C[C@@H]2CC=C[C@@H](C/C=C\C(=O)O[C@H](C(/C=C/[C@@H]3CC(C)=CCO3)O[Si](C)(C)C(C)(C)C)C/C=C/[C@H](O[Si](C)(C)C(C)(C)C)C1)O2. The number of fused-ring (bicyclic) bond motifs is 4. The van der Waals surface area contributed by atoms with E-state index < -0.39 is 57.7 Å². The van der Waals surface area contributed by atoms with Gasteiger partial charge in [-0.2, -0.15) is 0 Å². The van der Waals surface area contributed by atoms with Crippen molar-refractivity contribution in [2.75, 3.05) is 13.2 Å². The number of hydrogen-bond donors (Lipinski definition) is 0. The number of cyclic esters (lactones) is 2. The van der Waals surface area contributed by atoms with Crippen LogP contribution < -0.4 is 0 Å². The molecule has 14 atom stereocenters. The van der Waals surface area contributed by atoms with Gasteiger partial charge in [-0.25, -0.2) is 9.59 Å². The van der Waals surface area contributed by atoms with E-state index in [0.717, 1.165) is 64.2 Å². The summed E-state index contributed by atoms with van der Waals surface area (Å²) in [5.74, 6) is 0.139. The topological polar surface area (TPSA) is 126 Å². The molecule has 4 bridgehead atoms. The molecule has 564 valence electrons. The highest BCUT2D eigenvalue weighted by molar-refractivity contribution is 6.75. The second-order valence-corrected chi connectivity index (χ2v) is 55.0. The van der Waals surface area contributed by atoms with Crippen molar-refractivity contribution in [3.8, 4) is 0 Å². The van der Waals surface area contributed by atoms with E-state index in [1.54, 1.807) is 12.2 Å². The summed E-state index contributed by atoms with van der Waals surface area (Å²) < 4.78 is 65.8. The van der Waals surface area contributed by atoms with E-state index in [2.05, 4.69) is 261 Å². The van der Waals surface area contributed by atoms with Gasteiger partial charge in [-0.1, -0.05) is 230 Å². The lowest BCUT2D eigenvalue weighted by molar-refractivity contribution is -0.147. The number of carbonyl (C=O) groups is 2.